The number of imidazole rings is 1. The van der Waals surface area contributed by atoms with Crippen molar-refractivity contribution in [2.24, 2.45) is 0 Å². The lowest BCUT2D eigenvalue weighted by Gasteiger charge is -2.28. The topological polar surface area (TPSA) is 94.4 Å². The van der Waals surface area contributed by atoms with E-state index in [0.717, 1.165) is 17.1 Å². The van der Waals surface area contributed by atoms with Gasteiger partial charge in [0.1, 0.15) is 12.4 Å². The van der Waals surface area contributed by atoms with Gasteiger partial charge in [-0.15, -0.1) is 0 Å². The van der Waals surface area contributed by atoms with Crippen molar-refractivity contribution >= 4 is 23.4 Å². The van der Waals surface area contributed by atoms with Gasteiger partial charge in [-0.3, -0.25) is 9.69 Å². The van der Waals surface area contributed by atoms with E-state index in [-0.39, 0.29) is 5.91 Å². The molecule has 0 aliphatic carbocycles. The first-order valence-corrected chi connectivity index (χ1v) is 10.4. The van der Waals surface area contributed by atoms with Gasteiger partial charge in [0.2, 0.25) is 5.95 Å². The second-order valence-corrected chi connectivity index (χ2v) is 7.49. The summed E-state index contributed by atoms with van der Waals surface area (Å²) >= 11 is 0. The molecule has 0 radical (unpaired) electrons. The highest BCUT2D eigenvalue weighted by molar-refractivity contribution is 6.06. The van der Waals surface area contributed by atoms with E-state index in [2.05, 4.69) is 20.3 Å². The zero-order chi connectivity index (χ0) is 22.8. The number of fused-ring (bicyclic) bond motifs is 1. The highest BCUT2D eigenvalue weighted by Crippen LogP contribution is 2.32. The highest BCUT2D eigenvalue weighted by atomic mass is 16.5. The van der Waals surface area contributed by atoms with E-state index in [9.17, 15) is 4.79 Å². The predicted octanol–water partition coefficient (Wildman–Crippen LogP) is 3.76. The molecule has 0 spiro atoms. The third-order valence-electron chi connectivity index (χ3n) is 5.26. The van der Waals surface area contributed by atoms with Crippen molar-refractivity contribution in [3.63, 3.8) is 0 Å². The van der Waals surface area contributed by atoms with E-state index in [4.69, 9.17) is 9.47 Å². The Morgan fingerprint density at radius 2 is 2.00 bits per heavy atom. The molecule has 1 N–H and O–H groups in total. The van der Waals surface area contributed by atoms with Crippen LogP contribution >= 0.6 is 0 Å². The number of methoxy groups -OCH3 is 1. The van der Waals surface area contributed by atoms with Crippen LogP contribution in [0.5, 0.6) is 11.5 Å². The van der Waals surface area contributed by atoms with Crippen molar-refractivity contribution in [1.82, 2.24) is 19.5 Å². The van der Waals surface area contributed by atoms with Gasteiger partial charge >= 0.3 is 0 Å². The van der Waals surface area contributed by atoms with E-state index in [0.29, 0.717) is 42.0 Å². The molecule has 0 unspecified atom stereocenters. The summed E-state index contributed by atoms with van der Waals surface area (Å²) in [6.07, 6.45) is 5.25. The number of ether oxygens (including phenoxy) is 2. The maximum atomic E-state index is 13.1. The van der Waals surface area contributed by atoms with Crippen molar-refractivity contribution in [2.75, 3.05) is 30.5 Å². The molecular weight excluding hydrogens is 420 g/mol. The zero-order valence-corrected chi connectivity index (χ0v) is 18.2. The predicted molar refractivity (Wildman–Crippen MR) is 124 cm³/mol. The van der Waals surface area contributed by atoms with Gasteiger partial charge in [0.25, 0.3) is 5.91 Å². The third-order valence-corrected chi connectivity index (χ3v) is 5.26. The fourth-order valence-corrected chi connectivity index (χ4v) is 3.66. The molecule has 1 amide bonds. The summed E-state index contributed by atoms with van der Waals surface area (Å²) in [6.45, 7) is 2.72. The largest absolute Gasteiger partial charge is 0.494 e. The zero-order valence-electron chi connectivity index (χ0n) is 18.2. The number of rotatable bonds is 5. The van der Waals surface area contributed by atoms with Crippen LogP contribution in [0, 0.1) is 6.92 Å². The number of carbonyl (C=O) groups is 1. The molecule has 3 heterocycles. The van der Waals surface area contributed by atoms with Gasteiger partial charge in [-0.25, -0.2) is 9.97 Å². The molecule has 4 aromatic rings. The number of carbonyl (C=O) groups excluding carboxylic acids is 1. The van der Waals surface area contributed by atoms with Gasteiger partial charge in [0.05, 0.1) is 37.6 Å². The number of benzene rings is 2. The summed E-state index contributed by atoms with van der Waals surface area (Å²) in [5.74, 6) is 1.79. The molecule has 2 aromatic heterocycles. The minimum atomic E-state index is -0.133. The maximum absolute atomic E-state index is 13.1. The summed E-state index contributed by atoms with van der Waals surface area (Å²) in [5, 5.41) is 3.19. The van der Waals surface area contributed by atoms with Crippen LogP contribution in [0.1, 0.15) is 16.1 Å². The summed E-state index contributed by atoms with van der Waals surface area (Å²) in [5.41, 5.74) is 3.11. The number of hydrogen-bond donors (Lipinski definition) is 1. The fourth-order valence-electron chi connectivity index (χ4n) is 3.66. The first-order chi connectivity index (χ1) is 16.1. The first kappa shape index (κ1) is 20.5. The Morgan fingerprint density at radius 1 is 1.15 bits per heavy atom. The molecule has 0 saturated carbocycles. The number of nitrogens with one attached hydrogen (secondary N) is 1. The normalized spacial score (nSPS) is 12.6. The first-order valence-electron chi connectivity index (χ1n) is 10.4. The standard InChI is InChI=1S/C24H22N6O3/c1-16-14-29(15-26-16)19-9-8-18(12-20(19)32-2)27-24-25-13-21-22(28-24)30(10-11-33-21)23(31)17-6-4-3-5-7-17/h3-9,12-15H,10-11H2,1-2H3,(H,25,27,28). The molecule has 2 aromatic carbocycles. The van der Waals surface area contributed by atoms with E-state index in [1.54, 1.807) is 36.7 Å². The van der Waals surface area contributed by atoms with Crippen molar-refractivity contribution in [3.8, 4) is 17.2 Å². The van der Waals surface area contributed by atoms with Crippen LogP contribution < -0.4 is 19.7 Å². The summed E-state index contributed by atoms with van der Waals surface area (Å²) in [7, 11) is 1.62. The summed E-state index contributed by atoms with van der Waals surface area (Å²) in [6, 6.07) is 14.8. The molecule has 5 rings (SSSR count). The van der Waals surface area contributed by atoms with E-state index >= 15 is 0 Å². The maximum Gasteiger partial charge on any atom is 0.259 e. The molecular formula is C24H22N6O3. The lowest BCUT2D eigenvalue weighted by atomic mass is 10.2. The lowest BCUT2D eigenvalue weighted by Crippen LogP contribution is -2.38. The fraction of sp³-hybridized carbons (Fsp3) is 0.167. The Labute approximate surface area is 190 Å². The van der Waals surface area contributed by atoms with Crippen LogP contribution in [-0.4, -0.2) is 45.7 Å². The van der Waals surface area contributed by atoms with E-state index in [1.807, 2.05) is 54.1 Å². The smallest absolute Gasteiger partial charge is 0.259 e. The number of aromatic nitrogens is 4. The number of aryl methyl sites for hydroxylation is 1. The Morgan fingerprint density at radius 3 is 2.76 bits per heavy atom. The number of hydrogen-bond acceptors (Lipinski definition) is 7. The van der Waals surface area contributed by atoms with Gasteiger partial charge in [0.15, 0.2) is 11.6 Å². The Kier molecular flexibility index (Phi) is 5.35. The van der Waals surface area contributed by atoms with Gasteiger partial charge in [-0.05, 0) is 31.2 Å². The minimum Gasteiger partial charge on any atom is -0.494 e. The van der Waals surface area contributed by atoms with E-state index in [1.165, 1.54) is 0 Å². The number of nitrogens with zero attached hydrogens (tertiary/aromatic N) is 5. The molecule has 0 saturated heterocycles. The Bertz CT molecular complexity index is 1300. The minimum absolute atomic E-state index is 0.133. The van der Waals surface area contributed by atoms with Crippen molar-refractivity contribution < 1.29 is 14.3 Å². The Balaban J connectivity index is 1.43. The number of amides is 1. The average molecular weight is 442 g/mol. The molecule has 1 aliphatic rings. The highest BCUT2D eigenvalue weighted by Gasteiger charge is 2.27. The molecule has 0 fully saturated rings. The van der Waals surface area contributed by atoms with Crippen LogP contribution in [0.2, 0.25) is 0 Å². The molecule has 9 nitrogen and oxygen atoms in total. The van der Waals surface area contributed by atoms with Crippen LogP contribution in [0.25, 0.3) is 5.69 Å². The van der Waals surface area contributed by atoms with Gasteiger partial charge in [-0.2, -0.15) is 4.98 Å². The summed E-state index contributed by atoms with van der Waals surface area (Å²) in [4.78, 5) is 27.9. The van der Waals surface area contributed by atoms with Crippen LogP contribution in [0.4, 0.5) is 17.5 Å². The van der Waals surface area contributed by atoms with Crippen LogP contribution in [0.15, 0.2) is 67.3 Å². The molecule has 9 heteroatoms. The van der Waals surface area contributed by atoms with E-state index < -0.39 is 0 Å². The van der Waals surface area contributed by atoms with Crippen molar-refractivity contribution in [1.29, 1.82) is 0 Å². The molecule has 166 valence electrons. The van der Waals surface area contributed by atoms with Crippen molar-refractivity contribution in [3.05, 3.63) is 78.5 Å². The van der Waals surface area contributed by atoms with Gasteiger partial charge in [0, 0.05) is 23.5 Å². The molecule has 33 heavy (non-hydrogen) atoms. The molecule has 0 bridgehead atoms. The quantitative estimate of drug-likeness (QED) is 0.503. The monoisotopic (exact) mass is 442 g/mol. The van der Waals surface area contributed by atoms with Crippen LogP contribution in [-0.2, 0) is 0 Å². The second-order valence-electron chi connectivity index (χ2n) is 7.49. The van der Waals surface area contributed by atoms with Gasteiger partial charge in [-0.1, -0.05) is 18.2 Å². The lowest BCUT2D eigenvalue weighted by molar-refractivity contribution is 0.0975. The number of anilines is 3. The van der Waals surface area contributed by atoms with Crippen LogP contribution in [0.3, 0.4) is 0 Å². The average Bonchev–Trinajstić information content (AvgIpc) is 3.29. The Hall–Kier alpha value is -4.40. The van der Waals surface area contributed by atoms with Crippen molar-refractivity contribution in [2.45, 2.75) is 6.92 Å². The molecule has 0 atom stereocenters. The SMILES string of the molecule is COc1cc(Nc2ncc3c(n2)N(C(=O)c2ccccc2)CCO3)ccc1-n1cnc(C)c1. The third kappa shape index (κ3) is 4.08. The van der Waals surface area contributed by atoms with Gasteiger partial charge < -0.3 is 19.4 Å². The summed E-state index contributed by atoms with van der Waals surface area (Å²) < 4.78 is 13.1. The second kappa shape index (κ2) is 8.62. The molecule has 1 aliphatic heterocycles.